The van der Waals surface area contributed by atoms with Gasteiger partial charge in [0.2, 0.25) is 0 Å². The summed E-state index contributed by atoms with van der Waals surface area (Å²) in [5, 5.41) is 0.704. The Morgan fingerprint density at radius 3 is 2.95 bits per heavy atom. The minimum absolute atomic E-state index is 0. The van der Waals surface area contributed by atoms with Crippen molar-refractivity contribution in [1.82, 2.24) is 9.88 Å². The molecule has 0 saturated carbocycles. The van der Waals surface area contributed by atoms with E-state index in [1.165, 1.54) is 23.5 Å². The van der Waals surface area contributed by atoms with E-state index in [2.05, 4.69) is 16.8 Å². The molecule has 1 aliphatic carbocycles. The maximum absolute atomic E-state index is 5.91. The first kappa shape index (κ1) is 17.4. The molecular formula is C12H21Br2N3OS. The molecule has 0 aromatic carbocycles. The van der Waals surface area contributed by atoms with Crippen molar-refractivity contribution in [2.45, 2.75) is 38.3 Å². The number of nitrogen functional groups attached to an aromatic ring is 1. The van der Waals surface area contributed by atoms with E-state index in [1.807, 2.05) is 0 Å². The summed E-state index contributed by atoms with van der Waals surface area (Å²) in [4.78, 5) is 8.36. The van der Waals surface area contributed by atoms with Crippen LogP contribution in [0.2, 0.25) is 0 Å². The second-order valence-corrected chi connectivity index (χ2v) is 5.96. The van der Waals surface area contributed by atoms with Crippen molar-refractivity contribution in [3.8, 4) is 0 Å². The number of thiazole rings is 1. The van der Waals surface area contributed by atoms with Gasteiger partial charge in [0.25, 0.3) is 0 Å². The number of halogens is 2. The summed E-state index contributed by atoms with van der Waals surface area (Å²) < 4.78 is 5.91. The summed E-state index contributed by atoms with van der Waals surface area (Å²) in [6.07, 6.45) is 3.54. The smallest absolute Gasteiger partial charge is 0.180 e. The number of fused-ring (bicyclic) bond motifs is 2. The molecule has 0 amide bonds. The predicted molar refractivity (Wildman–Crippen MR) is 90.0 cm³/mol. The van der Waals surface area contributed by atoms with Gasteiger partial charge >= 0.3 is 0 Å². The number of nitrogens with two attached hydrogens (primary N) is 1. The molecule has 1 aromatic heterocycles. The highest BCUT2D eigenvalue weighted by Gasteiger charge is 2.37. The van der Waals surface area contributed by atoms with Crippen LogP contribution in [-0.2, 0) is 17.6 Å². The van der Waals surface area contributed by atoms with Crippen LogP contribution < -0.4 is 5.73 Å². The highest BCUT2D eigenvalue weighted by atomic mass is 79.9. The fourth-order valence-corrected chi connectivity index (χ4v) is 3.87. The summed E-state index contributed by atoms with van der Waals surface area (Å²) in [6, 6.07) is 0.538. The number of rotatable bonds is 2. The molecule has 0 unspecified atom stereocenters. The fraction of sp³-hybridized carbons (Fsp3) is 0.750. The highest BCUT2D eigenvalue weighted by Crippen LogP contribution is 2.33. The van der Waals surface area contributed by atoms with Gasteiger partial charge in [-0.25, -0.2) is 4.98 Å². The quantitative estimate of drug-likeness (QED) is 0.807. The van der Waals surface area contributed by atoms with E-state index in [9.17, 15) is 0 Å². The average molecular weight is 415 g/mol. The average Bonchev–Trinajstić information content (AvgIpc) is 2.66. The van der Waals surface area contributed by atoms with Crippen LogP contribution in [0.3, 0.4) is 0 Å². The molecular weight excluding hydrogens is 394 g/mol. The summed E-state index contributed by atoms with van der Waals surface area (Å²) in [5.41, 5.74) is 6.97. The molecule has 7 heteroatoms. The van der Waals surface area contributed by atoms with E-state index < -0.39 is 0 Å². The van der Waals surface area contributed by atoms with Crippen molar-refractivity contribution in [1.29, 1.82) is 0 Å². The molecule has 2 heterocycles. The zero-order valence-corrected chi connectivity index (χ0v) is 15.2. The predicted octanol–water partition coefficient (Wildman–Crippen LogP) is 2.46. The molecule has 2 aliphatic rings. The lowest BCUT2D eigenvalue weighted by molar-refractivity contribution is -0.0739. The maximum atomic E-state index is 5.91. The van der Waals surface area contributed by atoms with Gasteiger partial charge in [0.1, 0.15) is 0 Å². The molecule has 1 aromatic rings. The van der Waals surface area contributed by atoms with Crippen LogP contribution in [0, 0.1) is 0 Å². The SMILES string of the molecule is Br.Br.CCCN1CCO[C@@H]2Cc3nc(N)sc3C[C@H]21. The highest BCUT2D eigenvalue weighted by molar-refractivity contribution is 8.93. The minimum atomic E-state index is 0. The number of anilines is 1. The molecule has 4 nitrogen and oxygen atoms in total. The van der Waals surface area contributed by atoms with Gasteiger partial charge in [0.15, 0.2) is 5.13 Å². The fourth-order valence-electron chi connectivity index (χ4n) is 2.96. The third-order valence-electron chi connectivity index (χ3n) is 3.70. The van der Waals surface area contributed by atoms with Gasteiger partial charge in [-0.3, -0.25) is 4.90 Å². The number of morpholine rings is 1. The Kier molecular flexibility index (Phi) is 6.72. The van der Waals surface area contributed by atoms with Gasteiger partial charge in [-0.15, -0.1) is 45.3 Å². The van der Waals surface area contributed by atoms with Crippen LogP contribution in [-0.4, -0.2) is 41.7 Å². The molecule has 1 aliphatic heterocycles. The Morgan fingerprint density at radius 2 is 2.21 bits per heavy atom. The molecule has 3 rings (SSSR count). The van der Waals surface area contributed by atoms with Crippen LogP contribution in [0.4, 0.5) is 5.13 Å². The molecule has 2 atom stereocenters. The summed E-state index contributed by atoms with van der Waals surface area (Å²) >= 11 is 1.65. The van der Waals surface area contributed by atoms with Crippen LogP contribution in [0.1, 0.15) is 23.9 Å². The van der Waals surface area contributed by atoms with Gasteiger partial charge < -0.3 is 10.5 Å². The van der Waals surface area contributed by atoms with E-state index in [0.717, 1.165) is 26.0 Å². The van der Waals surface area contributed by atoms with Crippen LogP contribution in [0.5, 0.6) is 0 Å². The van der Waals surface area contributed by atoms with Crippen LogP contribution in [0.25, 0.3) is 0 Å². The first-order valence-electron chi connectivity index (χ1n) is 6.37. The van der Waals surface area contributed by atoms with Crippen molar-refractivity contribution in [2.75, 3.05) is 25.4 Å². The number of aromatic nitrogens is 1. The molecule has 19 heavy (non-hydrogen) atoms. The minimum Gasteiger partial charge on any atom is -0.375 e. The second-order valence-electron chi connectivity index (χ2n) is 4.84. The van der Waals surface area contributed by atoms with Crippen molar-refractivity contribution < 1.29 is 4.74 Å². The third-order valence-corrected chi connectivity index (χ3v) is 4.65. The van der Waals surface area contributed by atoms with Crippen molar-refractivity contribution in [3.63, 3.8) is 0 Å². The van der Waals surface area contributed by atoms with Crippen molar-refractivity contribution in [3.05, 3.63) is 10.6 Å². The topological polar surface area (TPSA) is 51.4 Å². The number of hydrogen-bond acceptors (Lipinski definition) is 5. The zero-order chi connectivity index (χ0) is 11.8. The first-order valence-corrected chi connectivity index (χ1v) is 7.19. The van der Waals surface area contributed by atoms with Crippen LogP contribution >= 0.6 is 45.3 Å². The molecule has 110 valence electrons. The first-order chi connectivity index (χ1) is 8.28. The van der Waals surface area contributed by atoms with Gasteiger partial charge in [0.05, 0.1) is 18.4 Å². The van der Waals surface area contributed by atoms with Crippen molar-refractivity contribution >= 4 is 50.4 Å². The van der Waals surface area contributed by atoms with Gasteiger partial charge in [-0.2, -0.15) is 0 Å². The molecule has 1 saturated heterocycles. The lowest BCUT2D eigenvalue weighted by atomic mass is 9.92. The standard InChI is InChI=1S/C12H19N3OS.2BrH/c1-2-3-15-4-5-16-10-6-8-11(7-9(10)15)17-12(13)14-8;;/h9-10H,2-7H2,1H3,(H2,13,14);2*1H/t9-,10-;;/m1../s1. The second kappa shape index (κ2) is 7.36. The normalized spacial score (nSPS) is 25.7. The van der Waals surface area contributed by atoms with Gasteiger partial charge in [-0.1, -0.05) is 6.92 Å². The van der Waals surface area contributed by atoms with E-state index >= 15 is 0 Å². The molecule has 0 bridgehead atoms. The molecule has 0 radical (unpaired) electrons. The van der Waals surface area contributed by atoms with E-state index in [1.54, 1.807) is 11.3 Å². The Labute approximate surface area is 139 Å². The summed E-state index contributed by atoms with van der Waals surface area (Å²) in [7, 11) is 0. The lowest BCUT2D eigenvalue weighted by Gasteiger charge is -2.43. The summed E-state index contributed by atoms with van der Waals surface area (Å²) in [5.74, 6) is 0. The monoisotopic (exact) mass is 413 g/mol. The Hall–Kier alpha value is 0.310. The molecule has 1 fully saturated rings. The summed E-state index contributed by atoms with van der Waals surface area (Å²) in [6.45, 7) is 5.34. The largest absolute Gasteiger partial charge is 0.375 e. The molecule has 0 spiro atoms. The Balaban J connectivity index is 0.000000902. The number of nitrogens with zero attached hydrogens (tertiary/aromatic N) is 2. The zero-order valence-electron chi connectivity index (χ0n) is 11.0. The Bertz CT molecular complexity index is 414. The lowest BCUT2D eigenvalue weighted by Crippen LogP contribution is -2.54. The maximum Gasteiger partial charge on any atom is 0.180 e. The van der Waals surface area contributed by atoms with E-state index in [4.69, 9.17) is 10.5 Å². The Morgan fingerprint density at radius 1 is 1.42 bits per heavy atom. The van der Waals surface area contributed by atoms with Crippen molar-refractivity contribution in [2.24, 2.45) is 0 Å². The van der Waals surface area contributed by atoms with Gasteiger partial charge in [-0.05, 0) is 13.0 Å². The van der Waals surface area contributed by atoms with Crippen LogP contribution in [0.15, 0.2) is 0 Å². The number of hydrogen-bond donors (Lipinski definition) is 1. The number of ether oxygens (including phenoxy) is 1. The van der Waals surface area contributed by atoms with E-state index in [0.29, 0.717) is 17.3 Å². The molecule has 2 N–H and O–H groups in total. The van der Waals surface area contributed by atoms with Gasteiger partial charge in [0, 0.05) is 30.3 Å². The third kappa shape index (κ3) is 3.50. The van der Waals surface area contributed by atoms with E-state index in [-0.39, 0.29) is 34.0 Å².